The number of esters is 1. The number of hydrogen-bond acceptors (Lipinski definition) is 3. The topological polar surface area (TPSA) is 44.1 Å². The van der Waals surface area contributed by atoms with E-state index in [1.165, 1.54) is 0 Å². The lowest BCUT2D eigenvalue weighted by molar-refractivity contribution is 0.0518. The summed E-state index contributed by atoms with van der Waals surface area (Å²) in [6.45, 7) is 6.72. The van der Waals surface area contributed by atoms with Crippen molar-refractivity contribution in [1.82, 2.24) is 9.78 Å². The molecule has 0 spiro atoms. The van der Waals surface area contributed by atoms with Crippen LogP contribution in [0.4, 0.5) is 0 Å². The highest BCUT2D eigenvalue weighted by atomic mass is 79.9. The van der Waals surface area contributed by atoms with Gasteiger partial charge in [-0.3, -0.25) is 4.68 Å². The normalized spacial score (nSPS) is 10.8. The summed E-state index contributed by atoms with van der Waals surface area (Å²) in [4.78, 5) is 12.0. The van der Waals surface area contributed by atoms with Gasteiger partial charge < -0.3 is 4.74 Å². The molecule has 1 aromatic heterocycles. The standard InChI is InChI=1S/C16H18BrClN2O2/c1-4-10-9-11(17)7-8-12(10)15-13(18)14(16(21)22-6-3)19-20(15)5-2/h7-9H,4-6H2,1-3H3. The molecule has 0 N–H and O–H groups in total. The lowest BCUT2D eigenvalue weighted by Gasteiger charge is -2.11. The molecule has 0 atom stereocenters. The van der Waals surface area contributed by atoms with Crippen LogP contribution in [-0.4, -0.2) is 22.4 Å². The first kappa shape index (κ1) is 17.0. The Morgan fingerprint density at radius 2 is 2.09 bits per heavy atom. The van der Waals surface area contributed by atoms with Crippen LogP contribution in [0.1, 0.15) is 36.8 Å². The molecule has 0 aliphatic rings. The van der Waals surface area contributed by atoms with E-state index in [1.54, 1.807) is 11.6 Å². The van der Waals surface area contributed by atoms with Gasteiger partial charge in [0.2, 0.25) is 0 Å². The molecule has 0 radical (unpaired) electrons. The molecule has 0 saturated heterocycles. The van der Waals surface area contributed by atoms with Crippen molar-refractivity contribution in [3.8, 4) is 11.3 Å². The van der Waals surface area contributed by atoms with Crippen LogP contribution in [0, 0.1) is 0 Å². The van der Waals surface area contributed by atoms with Crippen molar-refractivity contribution in [2.24, 2.45) is 0 Å². The van der Waals surface area contributed by atoms with Gasteiger partial charge in [-0.2, -0.15) is 5.10 Å². The summed E-state index contributed by atoms with van der Waals surface area (Å²) in [5.74, 6) is -0.490. The fourth-order valence-corrected chi connectivity index (χ4v) is 3.06. The highest BCUT2D eigenvalue weighted by molar-refractivity contribution is 9.10. The SMILES string of the molecule is CCOC(=O)c1nn(CC)c(-c2ccc(Br)cc2CC)c1Cl. The average molecular weight is 386 g/mol. The van der Waals surface area contributed by atoms with E-state index in [0.717, 1.165) is 27.7 Å². The Hall–Kier alpha value is -1.33. The monoisotopic (exact) mass is 384 g/mol. The van der Waals surface area contributed by atoms with Crippen molar-refractivity contribution >= 4 is 33.5 Å². The quantitative estimate of drug-likeness (QED) is 0.699. The molecule has 6 heteroatoms. The van der Waals surface area contributed by atoms with Crippen LogP contribution in [0.3, 0.4) is 0 Å². The van der Waals surface area contributed by atoms with Crippen molar-refractivity contribution in [3.63, 3.8) is 0 Å². The summed E-state index contributed by atoms with van der Waals surface area (Å²) in [6, 6.07) is 6.01. The molecular weight excluding hydrogens is 368 g/mol. The van der Waals surface area contributed by atoms with Crippen LogP contribution in [-0.2, 0) is 17.7 Å². The molecule has 2 rings (SSSR count). The average Bonchev–Trinajstić information content (AvgIpc) is 2.84. The summed E-state index contributed by atoms with van der Waals surface area (Å²) in [5.41, 5.74) is 3.06. The third-order valence-electron chi connectivity index (χ3n) is 3.37. The number of aryl methyl sites for hydroxylation is 2. The summed E-state index contributed by atoms with van der Waals surface area (Å²) in [6.07, 6.45) is 0.856. The fourth-order valence-electron chi connectivity index (χ4n) is 2.34. The molecule has 4 nitrogen and oxygen atoms in total. The van der Waals surface area contributed by atoms with Crippen molar-refractivity contribution in [3.05, 3.63) is 39.0 Å². The van der Waals surface area contributed by atoms with Crippen molar-refractivity contribution in [1.29, 1.82) is 0 Å². The Bertz CT molecular complexity index is 698. The highest BCUT2D eigenvalue weighted by Crippen LogP contribution is 2.35. The zero-order valence-corrected chi connectivity index (χ0v) is 15.2. The zero-order valence-electron chi connectivity index (χ0n) is 12.8. The molecule has 0 bridgehead atoms. The van der Waals surface area contributed by atoms with E-state index in [-0.39, 0.29) is 5.69 Å². The molecule has 0 saturated carbocycles. The molecule has 22 heavy (non-hydrogen) atoms. The van der Waals surface area contributed by atoms with Crippen LogP contribution >= 0.6 is 27.5 Å². The number of nitrogens with zero attached hydrogens (tertiary/aromatic N) is 2. The van der Waals surface area contributed by atoms with Gasteiger partial charge in [0.1, 0.15) is 5.02 Å². The van der Waals surface area contributed by atoms with Gasteiger partial charge in [-0.1, -0.05) is 40.5 Å². The summed E-state index contributed by atoms with van der Waals surface area (Å²) >= 11 is 9.93. The predicted molar refractivity (Wildman–Crippen MR) is 91.4 cm³/mol. The van der Waals surface area contributed by atoms with Crippen LogP contribution in [0.25, 0.3) is 11.3 Å². The highest BCUT2D eigenvalue weighted by Gasteiger charge is 2.24. The Kier molecular flexibility index (Phi) is 5.64. The Balaban J connectivity index is 2.62. The number of halogens is 2. The molecule has 0 fully saturated rings. The smallest absolute Gasteiger partial charge is 0.360 e. The maximum atomic E-state index is 12.0. The van der Waals surface area contributed by atoms with Crippen molar-refractivity contribution < 1.29 is 9.53 Å². The van der Waals surface area contributed by atoms with E-state index in [9.17, 15) is 4.79 Å². The Labute approximate surface area is 143 Å². The molecule has 1 heterocycles. The minimum atomic E-state index is -0.490. The second-order valence-corrected chi connectivity index (χ2v) is 6.00. The first-order chi connectivity index (χ1) is 10.5. The van der Waals surface area contributed by atoms with Crippen LogP contribution in [0.15, 0.2) is 22.7 Å². The number of carbonyl (C=O) groups excluding carboxylic acids is 1. The predicted octanol–water partition coefficient (Wildman–Crippen LogP) is 4.73. The first-order valence-corrected chi connectivity index (χ1v) is 8.42. The van der Waals surface area contributed by atoms with Crippen molar-refractivity contribution in [2.45, 2.75) is 33.7 Å². The summed E-state index contributed by atoms with van der Waals surface area (Å²) < 4.78 is 7.78. The molecular formula is C16H18BrClN2O2. The molecule has 0 aliphatic heterocycles. The lowest BCUT2D eigenvalue weighted by atomic mass is 10.0. The van der Waals surface area contributed by atoms with Crippen molar-refractivity contribution in [2.75, 3.05) is 6.61 Å². The first-order valence-electron chi connectivity index (χ1n) is 7.25. The molecule has 0 amide bonds. The van der Waals surface area contributed by atoms with E-state index in [1.807, 2.05) is 19.1 Å². The van der Waals surface area contributed by atoms with Gasteiger partial charge in [0.25, 0.3) is 0 Å². The largest absolute Gasteiger partial charge is 0.461 e. The van der Waals surface area contributed by atoms with Crippen LogP contribution in [0.5, 0.6) is 0 Å². The maximum absolute atomic E-state index is 12.0. The summed E-state index contributed by atoms with van der Waals surface area (Å²) in [5, 5.41) is 4.66. The number of ether oxygens (including phenoxy) is 1. The van der Waals surface area contributed by atoms with Gasteiger partial charge in [0.15, 0.2) is 5.69 Å². The number of benzene rings is 1. The van der Waals surface area contributed by atoms with Gasteiger partial charge in [-0.25, -0.2) is 4.79 Å². The minimum absolute atomic E-state index is 0.172. The molecule has 2 aromatic rings. The number of carbonyl (C=O) groups is 1. The zero-order chi connectivity index (χ0) is 16.3. The van der Waals surface area contributed by atoms with Gasteiger partial charge >= 0.3 is 5.97 Å². The summed E-state index contributed by atoms with van der Waals surface area (Å²) in [7, 11) is 0. The van der Waals surface area contributed by atoms with E-state index in [2.05, 4.69) is 34.0 Å². The van der Waals surface area contributed by atoms with Crippen LogP contribution in [0.2, 0.25) is 5.02 Å². The third kappa shape index (κ3) is 3.20. The molecule has 118 valence electrons. The number of hydrogen-bond donors (Lipinski definition) is 0. The van der Waals surface area contributed by atoms with Gasteiger partial charge in [-0.05, 0) is 38.0 Å². The van der Waals surface area contributed by atoms with Gasteiger partial charge in [0.05, 0.1) is 12.3 Å². The number of aromatic nitrogens is 2. The second-order valence-electron chi connectivity index (χ2n) is 4.70. The fraction of sp³-hybridized carbons (Fsp3) is 0.375. The van der Waals surface area contributed by atoms with E-state index in [0.29, 0.717) is 18.2 Å². The van der Waals surface area contributed by atoms with E-state index in [4.69, 9.17) is 16.3 Å². The maximum Gasteiger partial charge on any atom is 0.360 e. The molecule has 0 aliphatic carbocycles. The third-order valence-corrected chi connectivity index (χ3v) is 4.22. The Morgan fingerprint density at radius 3 is 2.68 bits per heavy atom. The number of rotatable bonds is 5. The van der Waals surface area contributed by atoms with Gasteiger partial charge in [0, 0.05) is 16.6 Å². The Morgan fingerprint density at radius 1 is 1.36 bits per heavy atom. The minimum Gasteiger partial charge on any atom is -0.461 e. The van der Waals surface area contributed by atoms with Gasteiger partial charge in [-0.15, -0.1) is 0 Å². The van der Waals surface area contributed by atoms with Crippen LogP contribution < -0.4 is 0 Å². The van der Waals surface area contributed by atoms with E-state index >= 15 is 0 Å². The molecule has 1 aromatic carbocycles. The lowest BCUT2D eigenvalue weighted by Crippen LogP contribution is -2.07. The molecule has 0 unspecified atom stereocenters. The second kappa shape index (κ2) is 7.29. The van der Waals surface area contributed by atoms with E-state index < -0.39 is 5.97 Å².